The summed E-state index contributed by atoms with van der Waals surface area (Å²) in [5.74, 6) is -4.22. The molecule has 0 bridgehead atoms. The number of rotatable bonds is 8. The maximum atomic E-state index is 13.4. The molecule has 0 radical (unpaired) electrons. The van der Waals surface area contributed by atoms with Crippen molar-refractivity contribution in [1.29, 1.82) is 0 Å². The van der Waals surface area contributed by atoms with E-state index in [4.69, 9.17) is 5.73 Å². The first kappa shape index (κ1) is 24.1. The molecule has 168 valence electrons. The molecule has 31 heavy (non-hydrogen) atoms. The Balaban J connectivity index is 2.35. The molecule has 0 spiro atoms. The van der Waals surface area contributed by atoms with Crippen LogP contribution in [0.4, 0.5) is 26.3 Å². The lowest BCUT2D eigenvalue weighted by atomic mass is 9.99. The molecule has 2 aromatic rings. The summed E-state index contributed by atoms with van der Waals surface area (Å²) < 4.78 is 80.6. The fourth-order valence-corrected chi connectivity index (χ4v) is 2.48. The van der Waals surface area contributed by atoms with Crippen LogP contribution in [0.2, 0.25) is 0 Å². The third-order valence-corrected chi connectivity index (χ3v) is 3.98. The van der Waals surface area contributed by atoms with E-state index < -0.39 is 43.3 Å². The number of nitrogens with zero attached hydrogens (tertiary/aromatic N) is 2. The maximum Gasteiger partial charge on any atom is 0.490 e. The minimum atomic E-state index is -5.42. The van der Waals surface area contributed by atoms with Gasteiger partial charge in [0.2, 0.25) is 0 Å². The second-order valence-corrected chi connectivity index (χ2v) is 6.11. The fourth-order valence-electron chi connectivity index (χ4n) is 2.48. The second kappa shape index (κ2) is 10.2. The van der Waals surface area contributed by atoms with Gasteiger partial charge in [-0.3, -0.25) is 4.79 Å². The van der Waals surface area contributed by atoms with Crippen molar-refractivity contribution in [3.05, 3.63) is 48.0 Å². The smallest absolute Gasteiger partial charge is 0.449 e. The Labute approximate surface area is 171 Å². The number of carbonyl (C=O) groups excluding carboxylic acids is 2. The fraction of sp³-hybridized carbons (Fsp3) is 0.333. The number of halogens is 6. The molecule has 0 unspecified atom stereocenters. The molecule has 13 heteroatoms. The van der Waals surface area contributed by atoms with E-state index in [1.165, 1.54) is 36.7 Å². The van der Waals surface area contributed by atoms with Gasteiger partial charge in [0.25, 0.3) is 5.91 Å². The summed E-state index contributed by atoms with van der Waals surface area (Å²) in [5.41, 5.74) is 6.25. The predicted octanol–water partition coefficient (Wildman–Crippen LogP) is 2.47. The van der Waals surface area contributed by atoms with Crippen molar-refractivity contribution >= 4 is 11.9 Å². The highest BCUT2D eigenvalue weighted by atomic mass is 19.4. The predicted molar refractivity (Wildman–Crippen MR) is 94.2 cm³/mol. The highest BCUT2D eigenvalue weighted by molar-refractivity contribution is 5.80. The van der Waals surface area contributed by atoms with Crippen LogP contribution in [0.25, 0.3) is 11.1 Å². The van der Waals surface area contributed by atoms with Gasteiger partial charge in [-0.15, -0.1) is 0 Å². The zero-order chi connectivity index (χ0) is 23.2. The van der Waals surface area contributed by atoms with Gasteiger partial charge >= 0.3 is 18.6 Å². The topological polar surface area (TPSA) is 107 Å². The van der Waals surface area contributed by atoms with Gasteiger partial charge in [0.15, 0.2) is 0 Å². The van der Waals surface area contributed by atoms with Gasteiger partial charge in [0.1, 0.15) is 18.6 Å². The van der Waals surface area contributed by atoms with Gasteiger partial charge in [-0.25, -0.2) is 19.2 Å². The molecule has 0 aliphatic heterocycles. The number of hydrogen-bond donors (Lipinski definition) is 2. The SMILES string of the molecule is NCc1ncc(-c2ccc([C@H](OC(=O)C(F)(F)F)[C@@H](CF)NC(=O)C(F)F)cc2)cn1. The number of benzene rings is 1. The van der Waals surface area contributed by atoms with E-state index in [1.807, 2.05) is 0 Å². The first-order valence-corrected chi connectivity index (χ1v) is 8.60. The first-order valence-electron chi connectivity index (χ1n) is 8.60. The largest absolute Gasteiger partial charge is 0.490 e. The molecule has 1 amide bonds. The Morgan fingerprint density at radius 3 is 2.10 bits per heavy atom. The Kier molecular flexibility index (Phi) is 7.91. The van der Waals surface area contributed by atoms with E-state index in [9.17, 15) is 35.9 Å². The number of nitrogens with one attached hydrogen (secondary N) is 1. The monoisotopic (exact) mass is 450 g/mol. The molecule has 2 atom stereocenters. The molecule has 0 saturated heterocycles. The van der Waals surface area contributed by atoms with E-state index in [0.717, 1.165) is 0 Å². The normalized spacial score (nSPS) is 13.5. The van der Waals surface area contributed by atoms with Crippen molar-refractivity contribution in [3.63, 3.8) is 0 Å². The Hall–Kier alpha value is -3.22. The van der Waals surface area contributed by atoms with Crippen molar-refractivity contribution < 1.29 is 40.7 Å². The molecule has 3 N–H and O–H groups in total. The maximum absolute atomic E-state index is 13.4. The number of carbonyl (C=O) groups is 2. The van der Waals surface area contributed by atoms with E-state index >= 15 is 0 Å². The lowest BCUT2D eigenvalue weighted by Crippen LogP contribution is -2.45. The summed E-state index contributed by atoms with van der Waals surface area (Å²) in [4.78, 5) is 30.5. The van der Waals surface area contributed by atoms with E-state index in [0.29, 0.717) is 17.0 Å². The standard InChI is InChI=1S/C18H16F6N4O3/c19-5-12(28-16(29)15(20)21)14(31-17(30)18(22,23)24)10-3-1-9(2-4-10)11-7-26-13(6-25)27-8-11/h1-4,7-8,12,14-15H,5-6,25H2,(H,28,29)/t12-,14+/m1/s1. The summed E-state index contributed by atoms with van der Waals surface area (Å²) in [6, 6.07) is 3.17. The molecule has 0 aliphatic rings. The lowest BCUT2D eigenvalue weighted by molar-refractivity contribution is -0.207. The number of alkyl halides is 6. The molecule has 0 saturated carbocycles. The number of hydrogen-bond acceptors (Lipinski definition) is 6. The van der Waals surface area contributed by atoms with Crippen molar-refractivity contribution in [2.24, 2.45) is 5.73 Å². The third kappa shape index (κ3) is 6.38. The number of aromatic nitrogens is 2. The average Bonchev–Trinajstić information content (AvgIpc) is 2.75. The zero-order valence-corrected chi connectivity index (χ0v) is 15.6. The van der Waals surface area contributed by atoms with Crippen molar-refractivity contribution in [3.8, 4) is 11.1 Å². The van der Waals surface area contributed by atoms with Gasteiger partial charge in [0, 0.05) is 18.0 Å². The average molecular weight is 450 g/mol. The van der Waals surface area contributed by atoms with E-state index in [2.05, 4.69) is 14.7 Å². The number of ether oxygens (including phenoxy) is 1. The zero-order valence-electron chi connectivity index (χ0n) is 15.6. The van der Waals surface area contributed by atoms with Crippen LogP contribution in [0, 0.1) is 0 Å². The molecule has 1 aromatic heterocycles. The summed E-state index contributed by atoms with van der Waals surface area (Å²) >= 11 is 0. The summed E-state index contributed by atoms with van der Waals surface area (Å²) in [5, 5.41) is 1.54. The first-order chi connectivity index (χ1) is 14.6. The highest BCUT2D eigenvalue weighted by Gasteiger charge is 2.44. The van der Waals surface area contributed by atoms with Crippen molar-refractivity contribution in [2.45, 2.75) is 31.3 Å². The van der Waals surface area contributed by atoms with Gasteiger partial charge in [-0.05, 0) is 11.1 Å². The van der Waals surface area contributed by atoms with E-state index in [-0.39, 0.29) is 12.1 Å². The van der Waals surface area contributed by atoms with Gasteiger partial charge in [-0.1, -0.05) is 24.3 Å². The molecular weight excluding hydrogens is 434 g/mol. The Morgan fingerprint density at radius 2 is 1.65 bits per heavy atom. The quantitative estimate of drug-likeness (QED) is 0.473. The number of esters is 1. The van der Waals surface area contributed by atoms with Gasteiger partial charge in [-0.2, -0.15) is 22.0 Å². The number of amides is 1. The van der Waals surface area contributed by atoms with Crippen LogP contribution in [-0.2, 0) is 20.9 Å². The van der Waals surface area contributed by atoms with Crippen LogP contribution >= 0.6 is 0 Å². The minimum Gasteiger partial charge on any atom is -0.449 e. The molecule has 1 aromatic carbocycles. The van der Waals surface area contributed by atoms with Crippen LogP contribution in [-0.4, -0.2) is 47.2 Å². The molecule has 2 rings (SSSR count). The van der Waals surface area contributed by atoms with Crippen molar-refractivity contribution in [1.82, 2.24) is 15.3 Å². The Bertz CT molecular complexity index is 891. The Morgan fingerprint density at radius 1 is 1.06 bits per heavy atom. The number of nitrogens with two attached hydrogens (primary N) is 1. The summed E-state index contributed by atoms with van der Waals surface area (Å²) in [7, 11) is 0. The molecule has 7 nitrogen and oxygen atoms in total. The van der Waals surface area contributed by atoms with Crippen LogP contribution in [0.3, 0.4) is 0 Å². The summed E-state index contributed by atoms with van der Waals surface area (Å²) in [6.45, 7) is -1.47. The van der Waals surface area contributed by atoms with Crippen molar-refractivity contribution in [2.75, 3.05) is 6.67 Å². The molecule has 0 fully saturated rings. The second-order valence-electron chi connectivity index (χ2n) is 6.11. The van der Waals surface area contributed by atoms with E-state index in [1.54, 1.807) is 5.32 Å². The molecular formula is C18H16F6N4O3. The van der Waals surface area contributed by atoms with Crippen LogP contribution in [0.5, 0.6) is 0 Å². The lowest BCUT2D eigenvalue weighted by Gasteiger charge is -2.26. The van der Waals surface area contributed by atoms with Gasteiger partial charge in [0.05, 0.1) is 12.6 Å². The molecule has 0 aliphatic carbocycles. The van der Waals surface area contributed by atoms with Crippen LogP contribution in [0.1, 0.15) is 17.5 Å². The van der Waals surface area contributed by atoms with Gasteiger partial charge < -0.3 is 15.8 Å². The summed E-state index contributed by atoms with van der Waals surface area (Å²) in [6.07, 6.45) is -8.11. The third-order valence-electron chi connectivity index (χ3n) is 3.98. The van der Waals surface area contributed by atoms with Crippen LogP contribution in [0.15, 0.2) is 36.7 Å². The highest BCUT2D eigenvalue weighted by Crippen LogP contribution is 2.29. The molecule has 1 heterocycles. The minimum absolute atomic E-state index is 0.112. The van der Waals surface area contributed by atoms with Crippen LogP contribution < -0.4 is 11.1 Å².